The SMILES string of the molecule is COC(=O)c1ccc(NC(=O)COC(=O)CCSc2ccc(F)c(F)c2)cc1. The van der Waals surface area contributed by atoms with Crippen molar-refractivity contribution in [1.82, 2.24) is 0 Å². The molecule has 9 heteroatoms. The summed E-state index contributed by atoms with van der Waals surface area (Å²) in [7, 11) is 1.27. The van der Waals surface area contributed by atoms with Crippen molar-refractivity contribution < 1.29 is 32.6 Å². The van der Waals surface area contributed by atoms with Gasteiger partial charge in [0.25, 0.3) is 5.91 Å². The predicted molar refractivity (Wildman–Crippen MR) is 99.1 cm³/mol. The van der Waals surface area contributed by atoms with E-state index in [1.165, 1.54) is 49.2 Å². The van der Waals surface area contributed by atoms with Gasteiger partial charge in [0.05, 0.1) is 19.1 Å². The van der Waals surface area contributed by atoms with Crippen LogP contribution in [-0.4, -0.2) is 37.3 Å². The van der Waals surface area contributed by atoms with Gasteiger partial charge in [-0.1, -0.05) is 0 Å². The first kappa shape index (κ1) is 21.4. The Balaban J connectivity index is 1.69. The van der Waals surface area contributed by atoms with E-state index in [0.717, 1.165) is 12.1 Å². The maximum absolute atomic E-state index is 13.1. The third kappa shape index (κ3) is 6.66. The van der Waals surface area contributed by atoms with Gasteiger partial charge in [-0.3, -0.25) is 9.59 Å². The lowest BCUT2D eigenvalue weighted by atomic mass is 10.2. The Hall–Kier alpha value is -2.94. The van der Waals surface area contributed by atoms with Gasteiger partial charge < -0.3 is 14.8 Å². The number of ether oxygens (including phenoxy) is 2. The number of thioether (sulfide) groups is 1. The molecule has 2 aromatic carbocycles. The number of methoxy groups -OCH3 is 1. The smallest absolute Gasteiger partial charge is 0.337 e. The molecule has 1 N–H and O–H groups in total. The number of hydrogen-bond acceptors (Lipinski definition) is 6. The Labute approximate surface area is 164 Å². The molecule has 0 atom stereocenters. The molecule has 2 aromatic rings. The van der Waals surface area contributed by atoms with Gasteiger partial charge in [0.15, 0.2) is 18.2 Å². The van der Waals surface area contributed by atoms with Crippen molar-refractivity contribution in [1.29, 1.82) is 0 Å². The van der Waals surface area contributed by atoms with Crippen LogP contribution in [0.5, 0.6) is 0 Å². The molecular weight excluding hydrogens is 392 g/mol. The fourth-order valence-electron chi connectivity index (χ4n) is 2.04. The number of nitrogens with one attached hydrogen (secondary N) is 1. The summed E-state index contributed by atoms with van der Waals surface area (Å²) in [5.41, 5.74) is 0.771. The van der Waals surface area contributed by atoms with Crippen molar-refractivity contribution in [2.75, 3.05) is 24.8 Å². The third-order valence-corrected chi connectivity index (χ3v) is 4.42. The minimum Gasteiger partial charge on any atom is -0.465 e. The first-order chi connectivity index (χ1) is 13.4. The molecule has 148 valence electrons. The number of esters is 2. The molecule has 0 aliphatic carbocycles. The van der Waals surface area contributed by atoms with Crippen LogP contribution in [0.3, 0.4) is 0 Å². The van der Waals surface area contributed by atoms with E-state index in [0.29, 0.717) is 21.9 Å². The third-order valence-electron chi connectivity index (χ3n) is 3.42. The molecule has 0 aromatic heterocycles. The standard InChI is InChI=1S/C19H17F2NO5S/c1-26-19(25)12-2-4-13(5-3-12)22-17(23)11-27-18(24)8-9-28-14-6-7-15(20)16(21)10-14/h2-7,10H,8-9,11H2,1H3,(H,22,23). The van der Waals surface area contributed by atoms with Gasteiger partial charge in [0.1, 0.15) is 0 Å². The molecule has 0 spiro atoms. The molecule has 2 rings (SSSR count). The van der Waals surface area contributed by atoms with Gasteiger partial charge in [-0.25, -0.2) is 13.6 Å². The van der Waals surface area contributed by atoms with Crippen LogP contribution in [0.2, 0.25) is 0 Å². The lowest BCUT2D eigenvalue weighted by Crippen LogP contribution is -2.21. The summed E-state index contributed by atoms with van der Waals surface area (Å²) >= 11 is 1.17. The summed E-state index contributed by atoms with van der Waals surface area (Å²) in [5, 5.41) is 2.52. The molecule has 28 heavy (non-hydrogen) atoms. The van der Waals surface area contributed by atoms with Gasteiger partial charge in [0, 0.05) is 16.3 Å². The monoisotopic (exact) mass is 409 g/mol. The second kappa shape index (κ2) is 10.4. The van der Waals surface area contributed by atoms with E-state index in [9.17, 15) is 23.2 Å². The summed E-state index contributed by atoms with van der Waals surface area (Å²) in [6.45, 7) is -0.465. The van der Waals surface area contributed by atoms with Crippen molar-refractivity contribution in [3.8, 4) is 0 Å². The molecule has 0 radical (unpaired) electrons. The lowest BCUT2D eigenvalue weighted by molar-refractivity contribution is -0.146. The van der Waals surface area contributed by atoms with Crippen molar-refractivity contribution in [2.45, 2.75) is 11.3 Å². The number of benzene rings is 2. The lowest BCUT2D eigenvalue weighted by Gasteiger charge is -2.07. The van der Waals surface area contributed by atoms with E-state index < -0.39 is 36.1 Å². The Morgan fingerprint density at radius 3 is 2.39 bits per heavy atom. The van der Waals surface area contributed by atoms with Crippen LogP contribution < -0.4 is 5.32 Å². The quantitative estimate of drug-likeness (QED) is 0.532. The zero-order valence-electron chi connectivity index (χ0n) is 14.9. The second-order valence-corrected chi connectivity index (χ2v) is 6.62. The maximum atomic E-state index is 13.1. The minimum absolute atomic E-state index is 0.00473. The van der Waals surface area contributed by atoms with Crippen LogP contribution in [-0.2, 0) is 19.1 Å². The number of carbonyl (C=O) groups excluding carboxylic acids is 3. The van der Waals surface area contributed by atoms with Crippen LogP contribution in [0.4, 0.5) is 14.5 Å². The average Bonchev–Trinajstić information content (AvgIpc) is 2.69. The molecule has 6 nitrogen and oxygen atoms in total. The number of carbonyl (C=O) groups is 3. The number of anilines is 1. The highest BCUT2D eigenvalue weighted by Gasteiger charge is 2.10. The van der Waals surface area contributed by atoms with Gasteiger partial charge in [-0.05, 0) is 42.5 Å². The highest BCUT2D eigenvalue weighted by atomic mass is 32.2. The van der Waals surface area contributed by atoms with E-state index in [1.807, 2.05) is 0 Å². The van der Waals surface area contributed by atoms with Gasteiger partial charge >= 0.3 is 11.9 Å². The fourth-order valence-corrected chi connectivity index (χ4v) is 2.90. The van der Waals surface area contributed by atoms with Crippen molar-refractivity contribution >= 4 is 35.3 Å². The Bertz CT molecular complexity index is 858. The van der Waals surface area contributed by atoms with Crippen molar-refractivity contribution in [2.24, 2.45) is 0 Å². The molecule has 0 heterocycles. The second-order valence-electron chi connectivity index (χ2n) is 5.45. The van der Waals surface area contributed by atoms with Crippen LogP contribution in [0.1, 0.15) is 16.8 Å². The number of hydrogen-bond donors (Lipinski definition) is 1. The Morgan fingerprint density at radius 1 is 1.04 bits per heavy atom. The normalized spacial score (nSPS) is 10.2. The summed E-state index contributed by atoms with van der Waals surface area (Å²) in [4.78, 5) is 35.3. The highest BCUT2D eigenvalue weighted by molar-refractivity contribution is 7.99. The molecule has 0 bridgehead atoms. The zero-order chi connectivity index (χ0) is 20.5. The molecule has 1 amide bonds. The van der Waals surface area contributed by atoms with Crippen LogP contribution in [0, 0.1) is 11.6 Å². The molecular formula is C19H17F2NO5S. The van der Waals surface area contributed by atoms with Gasteiger partial charge in [-0.15, -0.1) is 11.8 Å². The topological polar surface area (TPSA) is 81.7 Å². The Morgan fingerprint density at radius 2 is 1.75 bits per heavy atom. The van der Waals surface area contributed by atoms with Gasteiger partial charge in [0.2, 0.25) is 0 Å². The van der Waals surface area contributed by atoms with E-state index in [2.05, 4.69) is 10.1 Å². The summed E-state index contributed by atoms with van der Waals surface area (Å²) in [6, 6.07) is 9.48. The van der Waals surface area contributed by atoms with E-state index >= 15 is 0 Å². The number of amides is 1. The number of halogens is 2. The average molecular weight is 409 g/mol. The summed E-state index contributed by atoms with van der Waals surface area (Å²) < 4.78 is 35.4. The first-order valence-corrected chi connectivity index (χ1v) is 9.09. The fraction of sp³-hybridized carbons (Fsp3) is 0.211. The Kier molecular flexibility index (Phi) is 7.94. The largest absolute Gasteiger partial charge is 0.465 e. The van der Waals surface area contributed by atoms with Crippen molar-refractivity contribution in [3.05, 3.63) is 59.7 Å². The van der Waals surface area contributed by atoms with E-state index in [1.54, 1.807) is 0 Å². The number of rotatable bonds is 8. The summed E-state index contributed by atoms with van der Waals surface area (Å²) in [5.74, 6) is -3.22. The molecule has 0 unspecified atom stereocenters. The van der Waals surface area contributed by atoms with Crippen LogP contribution >= 0.6 is 11.8 Å². The molecule has 0 aliphatic heterocycles. The highest BCUT2D eigenvalue weighted by Crippen LogP contribution is 2.21. The predicted octanol–water partition coefficient (Wildman–Crippen LogP) is 3.42. The zero-order valence-corrected chi connectivity index (χ0v) is 15.7. The van der Waals surface area contributed by atoms with Gasteiger partial charge in [-0.2, -0.15) is 0 Å². The summed E-state index contributed by atoms with van der Waals surface area (Å²) in [6.07, 6.45) is 0.00473. The minimum atomic E-state index is -0.955. The molecule has 0 fully saturated rings. The van der Waals surface area contributed by atoms with E-state index in [4.69, 9.17) is 4.74 Å². The maximum Gasteiger partial charge on any atom is 0.337 e. The van der Waals surface area contributed by atoms with Crippen molar-refractivity contribution in [3.63, 3.8) is 0 Å². The molecule has 0 aliphatic rings. The van der Waals surface area contributed by atoms with Crippen LogP contribution in [0.15, 0.2) is 47.4 Å². The van der Waals surface area contributed by atoms with Crippen LogP contribution in [0.25, 0.3) is 0 Å². The van der Waals surface area contributed by atoms with E-state index in [-0.39, 0.29) is 6.42 Å². The molecule has 0 saturated heterocycles. The first-order valence-electron chi connectivity index (χ1n) is 8.10. The molecule has 0 saturated carbocycles.